The Kier molecular flexibility index (Phi) is 4.94. The number of thioether (sulfide) groups is 1. The topological polar surface area (TPSA) is 55.8 Å². The first-order valence-corrected chi connectivity index (χ1v) is 11.8. The highest BCUT2D eigenvalue weighted by Gasteiger charge is 2.40. The lowest BCUT2D eigenvalue weighted by Crippen LogP contribution is -2.48. The number of halogens is 1. The fourth-order valence-corrected chi connectivity index (χ4v) is 6.06. The molecular weight excluding hydrogens is 445 g/mol. The highest BCUT2D eigenvalue weighted by Crippen LogP contribution is 2.46. The number of nitrogens with one attached hydrogen (secondary N) is 1. The molecule has 5 nitrogen and oxygen atoms in total. The van der Waals surface area contributed by atoms with E-state index in [9.17, 15) is 14.3 Å². The van der Waals surface area contributed by atoms with Crippen molar-refractivity contribution in [1.29, 1.82) is 0 Å². The second-order valence-corrected chi connectivity index (χ2v) is 10.9. The van der Waals surface area contributed by atoms with E-state index in [0.29, 0.717) is 11.4 Å². The summed E-state index contributed by atoms with van der Waals surface area (Å²) in [6, 6.07) is 15.0. The molecule has 5 rings (SSSR count). The number of rotatable bonds is 3. The van der Waals surface area contributed by atoms with Gasteiger partial charge in [-0.15, -0.1) is 23.1 Å². The van der Waals surface area contributed by atoms with Crippen molar-refractivity contribution >= 4 is 46.1 Å². The van der Waals surface area contributed by atoms with Gasteiger partial charge in [-0.25, -0.2) is 4.39 Å². The molecule has 0 fully saturated rings. The predicted molar refractivity (Wildman–Crippen MR) is 130 cm³/mol. The van der Waals surface area contributed by atoms with Crippen LogP contribution in [0, 0.1) is 5.82 Å². The number of phenolic OH excluding ortho intramolecular Hbond substituents is 1. The summed E-state index contributed by atoms with van der Waals surface area (Å²) in [5, 5.41) is 16.2. The highest BCUT2D eigenvalue weighted by molar-refractivity contribution is 8.03. The van der Waals surface area contributed by atoms with Gasteiger partial charge < -0.3 is 15.3 Å². The van der Waals surface area contributed by atoms with Crippen LogP contribution < -0.4 is 15.1 Å². The van der Waals surface area contributed by atoms with Crippen molar-refractivity contribution in [3.05, 3.63) is 81.1 Å². The summed E-state index contributed by atoms with van der Waals surface area (Å²) < 4.78 is 14.0. The minimum absolute atomic E-state index is 0.00537. The first-order chi connectivity index (χ1) is 15.2. The molecule has 1 atom stereocenters. The quantitative estimate of drug-likeness (QED) is 0.513. The van der Waals surface area contributed by atoms with E-state index in [2.05, 4.69) is 24.6 Å². The number of phenols is 1. The Bertz CT molecular complexity index is 1250. The van der Waals surface area contributed by atoms with Crippen molar-refractivity contribution in [2.24, 2.45) is 0 Å². The van der Waals surface area contributed by atoms with E-state index in [1.54, 1.807) is 58.3 Å². The number of benzene rings is 2. The number of carbonyl (C=O) groups excluding carboxylic acids is 1. The van der Waals surface area contributed by atoms with Crippen LogP contribution in [0.25, 0.3) is 5.70 Å². The molecular formula is C24H22FN3O2S2. The maximum Gasteiger partial charge on any atom is 0.262 e. The van der Waals surface area contributed by atoms with Crippen molar-refractivity contribution in [2.75, 3.05) is 16.8 Å². The van der Waals surface area contributed by atoms with Crippen LogP contribution in [0.2, 0.25) is 0 Å². The minimum Gasteiger partial charge on any atom is -0.506 e. The Balaban J connectivity index is 1.63. The summed E-state index contributed by atoms with van der Waals surface area (Å²) in [7, 11) is 1.88. The zero-order chi connectivity index (χ0) is 22.6. The molecule has 2 aliphatic heterocycles. The summed E-state index contributed by atoms with van der Waals surface area (Å²) in [6.07, 6.45) is -0.491. The molecule has 0 saturated heterocycles. The van der Waals surface area contributed by atoms with E-state index in [-0.39, 0.29) is 22.1 Å². The summed E-state index contributed by atoms with van der Waals surface area (Å²) >= 11 is 3.32. The molecule has 3 aromatic rings. The summed E-state index contributed by atoms with van der Waals surface area (Å²) in [6.45, 7) is 4.25. The molecule has 32 heavy (non-hydrogen) atoms. The number of nitrogens with zero attached hydrogens (tertiary/aromatic N) is 2. The van der Waals surface area contributed by atoms with E-state index in [1.165, 1.54) is 12.1 Å². The van der Waals surface area contributed by atoms with Crippen molar-refractivity contribution < 1.29 is 14.3 Å². The number of amides is 1. The number of anilines is 2. The van der Waals surface area contributed by atoms with Gasteiger partial charge in [0.15, 0.2) is 0 Å². The van der Waals surface area contributed by atoms with Gasteiger partial charge in [-0.1, -0.05) is 12.1 Å². The lowest BCUT2D eigenvalue weighted by molar-refractivity contribution is 0.0969. The maximum atomic E-state index is 14.0. The lowest BCUT2D eigenvalue weighted by Gasteiger charge is -2.43. The number of carbonyl (C=O) groups is 1. The summed E-state index contributed by atoms with van der Waals surface area (Å²) in [5.74, 6) is -0.831. The third-order valence-corrected chi connectivity index (χ3v) is 7.80. The van der Waals surface area contributed by atoms with Gasteiger partial charge in [0.25, 0.3) is 5.91 Å². The average Bonchev–Trinajstić information content (AvgIpc) is 3.37. The van der Waals surface area contributed by atoms with Gasteiger partial charge >= 0.3 is 0 Å². The molecule has 3 heterocycles. The molecule has 2 N–H and O–H groups in total. The Morgan fingerprint density at radius 3 is 2.59 bits per heavy atom. The molecule has 2 aromatic carbocycles. The van der Waals surface area contributed by atoms with Gasteiger partial charge in [0, 0.05) is 11.9 Å². The molecule has 0 radical (unpaired) electrons. The van der Waals surface area contributed by atoms with Crippen LogP contribution in [0.5, 0.6) is 5.75 Å². The number of hydrogen-bond donors (Lipinski definition) is 2. The first-order valence-electron chi connectivity index (χ1n) is 10.2. The first kappa shape index (κ1) is 20.9. The average molecular weight is 468 g/mol. The van der Waals surface area contributed by atoms with E-state index in [4.69, 9.17) is 0 Å². The fraction of sp³-hybridized carbons (Fsp3) is 0.208. The van der Waals surface area contributed by atoms with Crippen molar-refractivity contribution in [3.8, 4) is 5.75 Å². The second-order valence-electron chi connectivity index (χ2n) is 8.30. The second kappa shape index (κ2) is 7.56. The smallest absolute Gasteiger partial charge is 0.262 e. The Labute approximate surface area is 194 Å². The van der Waals surface area contributed by atoms with Crippen LogP contribution in [0.15, 0.2) is 60.0 Å². The molecule has 164 valence electrons. The van der Waals surface area contributed by atoms with Crippen molar-refractivity contribution in [3.63, 3.8) is 0 Å². The lowest BCUT2D eigenvalue weighted by atomic mass is 10.0. The fourth-order valence-electron chi connectivity index (χ4n) is 4.11. The van der Waals surface area contributed by atoms with Gasteiger partial charge in [-0.3, -0.25) is 9.69 Å². The van der Waals surface area contributed by atoms with E-state index in [0.717, 1.165) is 15.5 Å². The Morgan fingerprint density at radius 1 is 1.09 bits per heavy atom. The molecule has 0 aliphatic carbocycles. The van der Waals surface area contributed by atoms with Gasteiger partial charge in [-0.05, 0) is 61.7 Å². The van der Waals surface area contributed by atoms with Gasteiger partial charge in [0.2, 0.25) is 0 Å². The molecule has 2 aliphatic rings. The monoisotopic (exact) mass is 467 g/mol. The largest absolute Gasteiger partial charge is 0.506 e. The van der Waals surface area contributed by atoms with Crippen molar-refractivity contribution in [2.45, 2.75) is 24.9 Å². The molecule has 0 spiro atoms. The molecule has 1 amide bonds. The van der Waals surface area contributed by atoms with E-state index in [1.807, 2.05) is 24.1 Å². The molecule has 0 saturated carbocycles. The Hall–Kier alpha value is -2.97. The molecule has 1 aromatic heterocycles. The van der Waals surface area contributed by atoms with Crippen LogP contribution in [0.3, 0.4) is 0 Å². The molecule has 1 unspecified atom stereocenters. The Morgan fingerprint density at radius 2 is 1.88 bits per heavy atom. The third kappa shape index (κ3) is 3.43. The summed E-state index contributed by atoms with van der Waals surface area (Å²) in [4.78, 5) is 19.0. The van der Waals surface area contributed by atoms with Crippen LogP contribution in [0.4, 0.5) is 15.8 Å². The van der Waals surface area contributed by atoms with Crippen LogP contribution in [0.1, 0.15) is 40.1 Å². The number of thiophene rings is 1. The zero-order valence-corrected chi connectivity index (χ0v) is 19.4. The maximum absolute atomic E-state index is 14.0. The van der Waals surface area contributed by atoms with Gasteiger partial charge in [0.05, 0.1) is 32.4 Å². The van der Waals surface area contributed by atoms with Crippen molar-refractivity contribution in [1.82, 2.24) is 5.32 Å². The normalized spacial score (nSPS) is 19.6. The van der Waals surface area contributed by atoms with Crippen LogP contribution >= 0.6 is 23.1 Å². The number of fused-ring (bicyclic) bond motifs is 1. The SMILES string of the molecule is CN1c2ccc(F)cc2C(=O)N(c2ccccc2O)C1c1ccc(C2=CSC(C)(C)N2)s1. The number of hydrogen-bond acceptors (Lipinski definition) is 6. The molecule has 8 heteroatoms. The molecule has 0 bridgehead atoms. The third-order valence-electron chi connectivity index (χ3n) is 5.59. The van der Waals surface area contributed by atoms with E-state index >= 15 is 0 Å². The standard InChI is InChI=1S/C24H22FN3O2S2/c1-24(2)26-16(13-31-24)20-10-11-21(32-20)22-27(3)17-9-8-14(25)12-15(17)23(30)28(22)18-6-4-5-7-19(18)29/h4-13,22,26,29H,1-3H3. The zero-order valence-electron chi connectivity index (χ0n) is 17.8. The summed E-state index contributed by atoms with van der Waals surface area (Å²) in [5.41, 5.74) is 2.35. The van der Waals surface area contributed by atoms with Gasteiger partial charge in [-0.2, -0.15) is 0 Å². The number of aromatic hydroxyl groups is 1. The van der Waals surface area contributed by atoms with Crippen LogP contribution in [-0.2, 0) is 0 Å². The van der Waals surface area contributed by atoms with Gasteiger partial charge in [0.1, 0.15) is 17.7 Å². The van der Waals surface area contributed by atoms with E-state index < -0.39 is 12.0 Å². The van der Waals surface area contributed by atoms with Crippen LogP contribution in [-0.4, -0.2) is 22.9 Å². The predicted octanol–water partition coefficient (Wildman–Crippen LogP) is 5.76. The number of para-hydroxylation sites is 2. The highest BCUT2D eigenvalue weighted by atomic mass is 32.2. The minimum atomic E-state index is -0.491.